The predicted octanol–water partition coefficient (Wildman–Crippen LogP) is 2.85. The van der Waals surface area contributed by atoms with Gasteiger partial charge < -0.3 is 4.90 Å². The molecule has 0 aromatic heterocycles. The van der Waals surface area contributed by atoms with E-state index in [0.29, 0.717) is 6.04 Å². The fourth-order valence-electron chi connectivity index (χ4n) is 2.43. The van der Waals surface area contributed by atoms with Crippen LogP contribution in [0.4, 0.5) is 0 Å². The van der Waals surface area contributed by atoms with Crippen LogP contribution in [0.15, 0.2) is 24.3 Å². The lowest BCUT2D eigenvalue weighted by Gasteiger charge is -2.38. The maximum absolute atomic E-state index is 12.5. The van der Waals surface area contributed by atoms with Gasteiger partial charge in [0.2, 0.25) is 0 Å². The summed E-state index contributed by atoms with van der Waals surface area (Å²) in [6, 6.07) is 8.44. The zero-order chi connectivity index (χ0) is 13.8. The summed E-state index contributed by atoms with van der Waals surface area (Å²) in [7, 11) is 0. The third-order valence-corrected chi connectivity index (χ3v) is 4.86. The molecular formula is C15H21IN2O. The number of piperazine rings is 1. The third kappa shape index (κ3) is 3.48. The molecule has 104 valence electrons. The molecule has 2 rings (SSSR count). The van der Waals surface area contributed by atoms with E-state index >= 15 is 0 Å². The minimum Gasteiger partial charge on any atom is -0.336 e. The summed E-state index contributed by atoms with van der Waals surface area (Å²) in [5.74, 6) is 0.175. The molecule has 1 aromatic carbocycles. The van der Waals surface area contributed by atoms with Gasteiger partial charge >= 0.3 is 0 Å². The average molecular weight is 372 g/mol. The van der Waals surface area contributed by atoms with Gasteiger partial charge in [0.05, 0.1) is 5.56 Å². The van der Waals surface area contributed by atoms with Gasteiger partial charge in [0.25, 0.3) is 5.91 Å². The van der Waals surface area contributed by atoms with E-state index in [0.717, 1.165) is 35.3 Å². The monoisotopic (exact) mass is 372 g/mol. The number of amides is 1. The van der Waals surface area contributed by atoms with Crippen molar-refractivity contribution in [1.82, 2.24) is 9.80 Å². The molecule has 0 bridgehead atoms. The molecule has 3 nitrogen and oxygen atoms in total. The van der Waals surface area contributed by atoms with E-state index in [9.17, 15) is 4.79 Å². The lowest BCUT2D eigenvalue weighted by Crippen LogP contribution is -2.51. The summed E-state index contributed by atoms with van der Waals surface area (Å²) in [4.78, 5) is 16.9. The first-order valence-corrected chi connectivity index (χ1v) is 7.99. The van der Waals surface area contributed by atoms with Crippen LogP contribution in [-0.4, -0.2) is 47.9 Å². The van der Waals surface area contributed by atoms with Crippen LogP contribution >= 0.6 is 22.6 Å². The molecule has 1 amide bonds. The molecule has 1 aliphatic rings. The van der Waals surface area contributed by atoms with Crippen molar-refractivity contribution in [2.24, 2.45) is 0 Å². The Bertz CT molecular complexity index is 442. The molecule has 1 heterocycles. The molecule has 1 atom stereocenters. The second-order valence-corrected chi connectivity index (χ2v) is 6.23. The predicted molar refractivity (Wildman–Crippen MR) is 86.4 cm³/mol. The van der Waals surface area contributed by atoms with Gasteiger partial charge in [-0.1, -0.05) is 19.1 Å². The summed E-state index contributed by atoms with van der Waals surface area (Å²) in [6.45, 7) is 8.14. The van der Waals surface area contributed by atoms with Gasteiger partial charge in [-0.3, -0.25) is 9.69 Å². The number of hydrogen-bond acceptors (Lipinski definition) is 2. The van der Waals surface area contributed by atoms with Gasteiger partial charge in [-0.05, 0) is 48.1 Å². The van der Waals surface area contributed by atoms with Crippen LogP contribution in [0.25, 0.3) is 0 Å². The van der Waals surface area contributed by atoms with Crippen molar-refractivity contribution in [3.8, 4) is 0 Å². The second kappa shape index (κ2) is 6.70. The zero-order valence-electron chi connectivity index (χ0n) is 11.6. The molecule has 1 saturated heterocycles. The molecule has 0 radical (unpaired) electrons. The van der Waals surface area contributed by atoms with E-state index in [2.05, 4.69) is 41.3 Å². The van der Waals surface area contributed by atoms with Crippen molar-refractivity contribution in [3.63, 3.8) is 0 Å². The Labute approximate surface area is 129 Å². The van der Waals surface area contributed by atoms with Gasteiger partial charge in [0.1, 0.15) is 0 Å². The largest absolute Gasteiger partial charge is 0.336 e. The molecule has 4 heteroatoms. The molecule has 0 spiro atoms. The van der Waals surface area contributed by atoms with Crippen molar-refractivity contribution >= 4 is 28.5 Å². The number of benzene rings is 1. The van der Waals surface area contributed by atoms with E-state index in [4.69, 9.17) is 0 Å². The molecule has 0 saturated carbocycles. The van der Waals surface area contributed by atoms with Crippen molar-refractivity contribution in [3.05, 3.63) is 33.4 Å². The van der Waals surface area contributed by atoms with Gasteiger partial charge in [0.15, 0.2) is 0 Å². The van der Waals surface area contributed by atoms with Gasteiger partial charge in [-0.25, -0.2) is 0 Å². The highest BCUT2D eigenvalue weighted by Gasteiger charge is 2.24. The molecule has 1 unspecified atom stereocenters. The van der Waals surface area contributed by atoms with Gasteiger partial charge in [-0.15, -0.1) is 0 Å². The van der Waals surface area contributed by atoms with Crippen LogP contribution in [0.2, 0.25) is 0 Å². The molecular weight excluding hydrogens is 351 g/mol. The molecule has 1 fully saturated rings. The summed E-state index contributed by atoms with van der Waals surface area (Å²) in [6.07, 6.45) is 1.17. The minimum absolute atomic E-state index is 0.175. The van der Waals surface area contributed by atoms with Crippen LogP contribution in [0.1, 0.15) is 30.6 Å². The van der Waals surface area contributed by atoms with Crippen molar-refractivity contribution in [1.29, 1.82) is 0 Å². The van der Waals surface area contributed by atoms with Crippen molar-refractivity contribution in [2.75, 3.05) is 26.2 Å². The smallest absolute Gasteiger partial charge is 0.255 e. The van der Waals surface area contributed by atoms with Crippen LogP contribution < -0.4 is 0 Å². The fraction of sp³-hybridized carbons (Fsp3) is 0.533. The van der Waals surface area contributed by atoms with E-state index < -0.39 is 0 Å². The van der Waals surface area contributed by atoms with Crippen molar-refractivity contribution in [2.45, 2.75) is 26.3 Å². The standard InChI is InChI=1S/C15H21IN2O/c1-3-12(2)17-8-10-18(11-9-17)15(19)13-6-4-5-7-14(13)16/h4-7,12H,3,8-11H2,1-2H3. The van der Waals surface area contributed by atoms with Crippen molar-refractivity contribution < 1.29 is 4.79 Å². The van der Waals surface area contributed by atoms with Gasteiger partial charge in [0, 0.05) is 35.8 Å². The summed E-state index contributed by atoms with van der Waals surface area (Å²) >= 11 is 2.23. The highest BCUT2D eigenvalue weighted by Crippen LogP contribution is 2.16. The lowest BCUT2D eigenvalue weighted by atomic mass is 10.1. The first-order valence-electron chi connectivity index (χ1n) is 6.91. The SMILES string of the molecule is CCC(C)N1CCN(C(=O)c2ccccc2I)CC1. The normalized spacial score (nSPS) is 18.4. The molecule has 1 aromatic rings. The molecule has 1 aliphatic heterocycles. The maximum atomic E-state index is 12.5. The Hall–Kier alpha value is -0.620. The van der Waals surface area contributed by atoms with Crippen LogP contribution in [0, 0.1) is 3.57 Å². The quantitative estimate of drug-likeness (QED) is 0.762. The number of carbonyl (C=O) groups is 1. The number of halogens is 1. The Kier molecular flexibility index (Phi) is 5.21. The lowest BCUT2D eigenvalue weighted by molar-refractivity contribution is 0.0578. The van der Waals surface area contributed by atoms with E-state index in [-0.39, 0.29) is 5.91 Å². The molecule has 19 heavy (non-hydrogen) atoms. The van der Waals surface area contributed by atoms with Crippen LogP contribution in [0.5, 0.6) is 0 Å². The van der Waals surface area contributed by atoms with E-state index in [1.54, 1.807) is 0 Å². The zero-order valence-corrected chi connectivity index (χ0v) is 13.8. The Balaban J connectivity index is 1.98. The van der Waals surface area contributed by atoms with Gasteiger partial charge in [-0.2, -0.15) is 0 Å². The highest BCUT2D eigenvalue weighted by atomic mass is 127. The average Bonchev–Trinajstić information content (AvgIpc) is 2.46. The second-order valence-electron chi connectivity index (χ2n) is 5.07. The molecule has 0 N–H and O–H groups in total. The maximum Gasteiger partial charge on any atom is 0.255 e. The Morgan fingerprint density at radius 3 is 2.47 bits per heavy atom. The fourth-order valence-corrected chi connectivity index (χ4v) is 3.05. The van der Waals surface area contributed by atoms with E-state index in [1.165, 1.54) is 6.42 Å². The number of hydrogen-bond donors (Lipinski definition) is 0. The summed E-state index contributed by atoms with van der Waals surface area (Å²) in [5, 5.41) is 0. The summed E-state index contributed by atoms with van der Waals surface area (Å²) < 4.78 is 1.04. The molecule has 0 aliphatic carbocycles. The number of nitrogens with zero attached hydrogens (tertiary/aromatic N) is 2. The number of rotatable bonds is 3. The highest BCUT2D eigenvalue weighted by molar-refractivity contribution is 14.1. The Morgan fingerprint density at radius 2 is 1.89 bits per heavy atom. The summed E-state index contributed by atoms with van der Waals surface area (Å²) in [5.41, 5.74) is 0.833. The first kappa shape index (κ1) is 14.8. The first-order chi connectivity index (χ1) is 9.13. The Morgan fingerprint density at radius 1 is 1.26 bits per heavy atom. The van der Waals surface area contributed by atoms with Crippen LogP contribution in [0.3, 0.4) is 0 Å². The van der Waals surface area contributed by atoms with Crippen LogP contribution in [-0.2, 0) is 0 Å². The topological polar surface area (TPSA) is 23.6 Å². The third-order valence-electron chi connectivity index (χ3n) is 3.92. The van der Waals surface area contributed by atoms with E-state index in [1.807, 2.05) is 29.2 Å². The number of carbonyl (C=O) groups excluding carboxylic acids is 1. The minimum atomic E-state index is 0.175.